The van der Waals surface area contributed by atoms with Gasteiger partial charge in [-0.25, -0.2) is 0 Å². The zero-order valence-electron chi connectivity index (χ0n) is 13.5. The molecule has 1 N–H and O–H groups in total. The van der Waals surface area contributed by atoms with Gasteiger partial charge in [-0.1, -0.05) is 0 Å². The molecule has 0 amide bonds. The zero-order valence-corrected chi connectivity index (χ0v) is 13.5. The Bertz CT molecular complexity index is 377. The third-order valence-corrected chi connectivity index (χ3v) is 2.61. The average molecular weight is 297 g/mol. The summed E-state index contributed by atoms with van der Waals surface area (Å²) < 4.78 is 15.7. The van der Waals surface area contributed by atoms with Crippen LogP contribution in [0.15, 0.2) is 12.1 Å². The number of nitrogens with zero attached hydrogens (tertiary/aromatic N) is 2. The van der Waals surface area contributed by atoms with E-state index < -0.39 is 0 Å². The van der Waals surface area contributed by atoms with E-state index in [0.29, 0.717) is 38.9 Å². The van der Waals surface area contributed by atoms with Crippen LogP contribution in [0.5, 0.6) is 5.88 Å². The summed E-state index contributed by atoms with van der Waals surface area (Å²) in [5.74, 6) is 0.548. The van der Waals surface area contributed by atoms with Gasteiger partial charge in [0, 0.05) is 38.3 Å². The molecule has 0 saturated carbocycles. The molecular weight excluding hydrogens is 270 g/mol. The molecule has 0 aromatic carbocycles. The Kier molecular flexibility index (Phi) is 8.19. The molecule has 0 radical (unpaired) electrons. The van der Waals surface area contributed by atoms with E-state index in [0.717, 1.165) is 12.1 Å². The predicted octanol–water partition coefficient (Wildman–Crippen LogP) is 1.80. The maximum absolute atomic E-state index is 5.51. The Balaban J connectivity index is 2.16. The summed E-state index contributed by atoms with van der Waals surface area (Å²) in [5.41, 5.74) is 0.972. The lowest BCUT2D eigenvalue weighted by Gasteiger charge is -2.19. The molecule has 1 aromatic rings. The first-order valence-electron chi connectivity index (χ1n) is 7.28. The van der Waals surface area contributed by atoms with E-state index in [-0.39, 0.29) is 5.54 Å². The van der Waals surface area contributed by atoms with Gasteiger partial charge in [0.25, 0.3) is 0 Å². The summed E-state index contributed by atoms with van der Waals surface area (Å²) >= 11 is 0. The van der Waals surface area contributed by atoms with Crippen molar-refractivity contribution in [2.45, 2.75) is 39.3 Å². The Labute approximate surface area is 127 Å². The lowest BCUT2D eigenvalue weighted by atomic mass is 10.1. The fourth-order valence-electron chi connectivity index (χ4n) is 1.46. The molecule has 0 aliphatic carbocycles. The van der Waals surface area contributed by atoms with Crippen LogP contribution in [0.2, 0.25) is 0 Å². The molecule has 0 saturated heterocycles. The van der Waals surface area contributed by atoms with E-state index in [9.17, 15) is 0 Å². The maximum Gasteiger partial charge on any atom is 0.233 e. The van der Waals surface area contributed by atoms with Crippen LogP contribution in [-0.2, 0) is 16.0 Å². The van der Waals surface area contributed by atoms with E-state index in [1.54, 1.807) is 7.11 Å². The first kappa shape index (κ1) is 17.8. The van der Waals surface area contributed by atoms with Crippen LogP contribution in [0.3, 0.4) is 0 Å². The SMILES string of the molecule is COCCOCCCOc1ccc(CNC(C)(C)C)nn1. The lowest BCUT2D eigenvalue weighted by Crippen LogP contribution is -2.35. The van der Waals surface area contributed by atoms with Crippen molar-refractivity contribution in [1.29, 1.82) is 0 Å². The molecule has 0 aliphatic rings. The van der Waals surface area contributed by atoms with E-state index in [1.807, 2.05) is 12.1 Å². The number of aromatic nitrogens is 2. The van der Waals surface area contributed by atoms with Crippen LogP contribution >= 0.6 is 0 Å². The van der Waals surface area contributed by atoms with Crippen LogP contribution in [0.25, 0.3) is 0 Å². The van der Waals surface area contributed by atoms with Crippen LogP contribution in [-0.4, -0.2) is 49.3 Å². The molecule has 1 aromatic heterocycles. The highest BCUT2D eigenvalue weighted by atomic mass is 16.5. The Morgan fingerprint density at radius 1 is 1.05 bits per heavy atom. The predicted molar refractivity (Wildman–Crippen MR) is 81.4 cm³/mol. The third-order valence-electron chi connectivity index (χ3n) is 2.61. The van der Waals surface area contributed by atoms with E-state index >= 15 is 0 Å². The van der Waals surface area contributed by atoms with Gasteiger partial charge < -0.3 is 19.5 Å². The van der Waals surface area contributed by atoms with Crippen LogP contribution in [0, 0.1) is 0 Å². The largest absolute Gasteiger partial charge is 0.477 e. The van der Waals surface area contributed by atoms with Gasteiger partial charge in [0.15, 0.2) is 0 Å². The number of nitrogens with one attached hydrogen (secondary N) is 1. The van der Waals surface area contributed by atoms with Crippen LogP contribution < -0.4 is 10.1 Å². The van der Waals surface area contributed by atoms with Gasteiger partial charge in [0.2, 0.25) is 5.88 Å². The molecular formula is C15H27N3O3. The molecule has 1 heterocycles. The molecule has 0 fully saturated rings. The third kappa shape index (κ3) is 9.33. The minimum atomic E-state index is 0.0691. The van der Waals surface area contributed by atoms with Gasteiger partial charge in [0.1, 0.15) is 0 Å². The van der Waals surface area contributed by atoms with Crippen molar-refractivity contribution in [3.8, 4) is 5.88 Å². The summed E-state index contributed by atoms with van der Waals surface area (Å²) in [7, 11) is 1.66. The summed E-state index contributed by atoms with van der Waals surface area (Å²) in [4.78, 5) is 0. The number of hydrogen-bond acceptors (Lipinski definition) is 6. The second kappa shape index (κ2) is 9.65. The van der Waals surface area contributed by atoms with Gasteiger partial charge in [-0.3, -0.25) is 0 Å². The Morgan fingerprint density at radius 3 is 2.48 bits per heavy atom. The molecule has 1 rings (SSSR count). The zero-order chi connectivity index (χ0) is 15.6. The van der Waals surface area contributed by atoms with Crippen molar-refractivity contribution in [2.24, 2.45) is 0 Å². The van der Waals surface area contributed by atoms with Crippen LogP contribution in [0.4, 0.5) is 0 Å². The van der Waals surface area contributed by atoms with Gasteiger partial charge in [-0.2, -0.15) is 5.10 Å². The second-order valence-corrected chi connectivity index (χ2v) is 5.77. The molecule has 0 atom stereocenters. The van der Waals surface area contributed by atoms with E-state index in [1.165, 1.54) is 0 Å². The fraction of sp³-hybridized carbons (Fsp3) is 0.733. The summed E-state index contributed by atoms with van der Waals surface area (Å²) in [6, 6.07) is 3.77. The molecule has 0 spiro atoms. The van der Waals surface area contributed by atoms with Gasteiger partial charge >= 0.3 is 0 Å². The van der Waals surface area contributed by atoms with Crippen molar-refractivity contribution in [2.75, 3.05) is 33.5 Å². The Hall–Kier alpha value is -1.24. The summed E-state index contributed by atoms with van der Waals surface area (Å²) in [5, 5.41) is 11.6. The van der Waals surface area contributed by atoms with Crippen molar-refractivity contribution in [1.82, 2.24) is 15.5 Å². The topological polar surface area (TPSA) is 65.5 Å². The first-order valence-corrected chi connectivity index (χ1v) is 7.28. The van der Waals surface area contributed by atoms with Gasteiger partial charge in [-0.05, 0) is 26.8 Å². The van der Waals surface area contributed by atoms with E-state index in [4.69, 9.17) is 14.2 Å². The van der Waals surface area contributed by atoms with Crippen molar-refractivity contribution in [3.63, 3.8) is 0 Å². The highest BCUT2D eigenvalue weighted by Crippen LogP contribution is 2.07. The monoisotopic (exact) mass is 297 g/mol. The minimum absolute atomic E-state index is 0.0691. The first-order chi connectivity index (χ1) is 10.0. The van der Waals surface area contributed by atoms with Crippen molar-refractivity contribution >= 4 is 0 Å². The molecule has 0 unspecified atom stereocenters. The highest BCUT2D eigenvalue weighted by molar-refractivity contribution is 5.11. The highest BCUT2D eigenvalue weighted by Gasteiger charge is 2.09. The molecule has 6 nitrogen and oxygen atoms in total. The normalized spacial score (nSPS) is 11.6. The maximum atomic E-state index is 5.51. The molecule has 6 heteroatoms. The van der Waals surface area contributed by atoms with Gasteiger partial charge in [-0.15, -0.1) is 5.10 Å². The fourth-order valence-corrected chi connectivity index (χ4v) is 1.46. The van der Waals surface area contributed by atoms with Crippen molar-refractivity contribution in [3.05, 3.63) is 17.8 Å². The number of methoxy groups -OCH3 is 1. The minimum Gasteiger partial charge on any atom is -0.477 e. The van der Waals surface area contributed by atoms with Crippen LogP contribution in [0.1, 0.15) is 32.9 Å². The van der Waals surface area contributed by atoms with Gasteiger partial charge in [0.05, 0.1) is 25.5 Å². The lowest BCUT2D eigenvalue weighted by molar-refractivity contribution is 0.0641. The standard InChI is InChI=1S/C15H27N3O3/c1-15(2,3)16-12-13-6-7-14(18-17-13)21-9-5-8-20-11-10-19-4/h6-7,16H,5,8-12H2,1-4H3. The number of hydrogen-bond donors (Lipinski definition) is 1. The average Bonchev–Trinajstić information content (AvgIpc) is 2.44. The molecule has 0 bridgehead atoms. The molecule has 120 valence electrons. The molecule has 21 heavy (non-hydrogen) atoms. The molecule has 0 aliphatic heterocycles. The number of ether oxygens (including phenoxy) is 3. The quantitative estimate of drug-likeness (QED) is 0.664. The van der Waals surface area contributed by atoms with E-state index in [2.05, 4.69) is 36.3 Å². The summed E-state index contributed by atoms with van der Waals surface area (Å²) in [6.07, 6.45) is 0.818. The Morgan fingerprint density at radius 2 is 1.86 bits per heavy atom. The second-order valence-electron chi connectivity index (χ2n) is 5.77. The summed E-state index contributed by atoms with van der Waals surface area (Å²) in [6.45, 7) is 9.52. The smallest absolute Gasteiger partial charge is 0.233 e. The number of rotatable bonds is 10. The van der Waals surface area contributed by atoms with Crippen molar-refractivity contribution < 1.29 is 14.2 Å².